The lowest BCUT2D eigenvalue weighted by atomic mass is 9.97. The Kier molecular flexibility index (Phi) is 6.93. The van der Waals surface area contributed by atoms with Crippen LogP contribution in [0, 0.1) is 5.92 Å². The highest BCUT2D eigenvalue weighted by molar-refractivity contribution is 9.10. The topological polar surface area (TPSA) is 66.5 Å². The van der Waals surface area contributed by atoms with Gasteiger partial charge in [-0.3, -0.25) is 4.79 Å². The van der Waals surface area contributed by atoms with Crippen LogP contribution >= 0.6 is 27.5 Å². The zero-order chi connectivity index (χ0) is 20.1. The molecule has 1 N–H and O–H groups in total. The Bertz CT molecular complexity index is 972. The van der Waals surface area contributed by atoms with E-state index in [-0.39, 0.29) is 11.8 Å². The molecule has 0 radical (unpaired) electrons. The third kappa shape index (κ3) is 5.44. The summed E-state index contributed by atoms with van der Waals surface area (Å²) in [6.07, 6.45) is 2.53. The number of rotatable bonds is 5. The van der Waals surface area contributed by atoms with Crippen molar-refractivity contribution in [2.24, 2.45) is 5.92 Å². The molecule has 2 aromatic carbocycles. The number of amides is 1. The van der Waals surface area contributed by atoms with Crippen molar-refractivity contribution in [3.05, 3.63) is 69.0 Å². The van der Waals surface area contributed by atoms with Crippen LogP contribution in [0.4, 0.5) is 5.69 Å². The van der Waals surface area contributed by atoms with Gasteiger partial charge in [0, 0.05) is 28.9 Å². The smallest absolute Gasteiger partial charge is 0.236 e. The number of sulfonamides is 1. The second-order valence-corrected chi connectivity index (χ2v) is 9.69. The first kappa shape index (κ1) is 21.0. The van der Waals surface area contributed by atoms with Crippen molar-refractivity contribution in [1.29, 1.82) is 0 Å². The minimum atomic E-state index is -3.51. The zero-order valence-corrected chi connectivity index (χ0v) is 18.2. The van der Waals surface area contributed by atoms with Crippen LogP contribution in [0.3, 0.4) is 0 Å². The van der Waals surface area contributed by atoms with Gasteiger partial charge in [0.1, 0.15) is 0 Å². The molecular weight excluding hydrogens is 464 g/mol. The molecule has 0 aliphatic carbocycles. The SMILES string of the molecule is O=C(Nc1ccc(Br)cc1Cl)C1CCN(S(=O)(=O)/C=C/c2ccccc2)CC1. The summed E-state index contributed by atoms with van der Waals surface area (Å²) in [4.78, 5) is 12.5. The molecule has 3 rings (SSSR count). The maximum atomic E-state index is 12.5. The van der Waals surface area contributed by atoms with Gasteiger partial charge in [-0.15, -0.1) is 0 Å². The highest BCUT2D eigenvalue weighted by atomic mass is 79.9. The number of carbonyl (C=O) groups is 1. The van der Waals surface area contributed by atoms with E-state index in [9.17, 15) is 13.2 Å². The van der Waals surface area contributed by atoms with E-state index in [4.69, 9.17) is 11.6 Å². The van der Waals surface area contributed by atoms with Crippen LogP contribution in [0.15, 0.2) is 58.4 Å². The Balaban J connectivity index is 1.57. The normalized spacial score (nSPS) is 16.4. The molecule has 1 amide bonds. The van der Waals surface area contributed by atoms with E-state index in [1.54, 1.807) is 24.3 Å². The molecule has 0 unspecified atom stereocenters. The third-order valence-electron chi connectivity index (χ3n) is 4.61. The van der Waals surface area contributed by atoms with Crippen LogP contribution in [0.2, 0.25) is 5.02 Å². The highest BCUT2D eigenvalue weighted by Crippen LogP contribution is 2.28. The van der Waals surface area contributed by atoms with Crippen LogP contribution in [0.25, 0.3) is 6.08 Å². The molecule has 1 aliphatic heterocycles. The van der Waals surface area contributed by atoms with Crippen molar-refractivity contribution >= 4 is 55.2 Å². The van der Waals surface area contributed by atoms with Crippen LogP contribution in [-0.4, -0.2) is 31.7 Å². The van der Waals surface area contributed by atoms with Crippen molar-refractivity contribution in [2.45, 2.75) is 12.8 Å². The van der Waals surface area contributed by atoms with Gasteiger partial charge in [-0.05, 0) is 42.7 Å². The minimum absolute atomic E-state index is 0.138. The maximum absolute atomic E-state index is 12.5. The van der Waals surface area contributed by atoms with E-state index >= 15 is 0 Å². The molecule has 0 atom stereocenters. The highest BCUT2D eigenvalue weighted by Gasteiger charge is 2.30. The quantitative estimate of drug-likeness (QED) is 0.667. The summed E-state index contributed by atoms with van der Waals surface area (Å²) in [5.41, 5.74) is 1.38. The van der Waals surface area contributed by atoms with E-state index < -0.39 is 10.0 Å². The van der Waals surface area contributed by atoms with Crippen LogP contribution < -0.4 is 5.32 Å². The fourth-order valence-electron chi connectivity index (χ4n) is 3.01. The van der Waals surface area contributed by atoms with Gasteiger partial charge in [0.2, 0.25) is 15.9 Å². The molecule has 8 heteroatoms. The molecule has 1 fully saturated rings. The van der Waals surface area contributed by atoms with Gasteiger partial charge in [0.15, 0.2) is 0 Å². The Labute approximate surface area is 178 Å². The van der Waals surface area contributed by atoms with Gasteiger partial charge < -0.3 is 5.32 Å². The van der Waals surface area contributed by atoms with Gasteiger partial charge in [-0.25, -0.2) is 8.42 Å². The molecule has 28 heavy (non-hydrogen) atoms. The maximum Gasteiger partial charge on any atom is 0.236 e. The molecule has 0 bridgehead atoms. The number of nitrogens with one attached hydrogen (secondary N) is 1. The van der Waals surface area contributed by atoms with Gasteiger partial charge in [-0.2, -0.15) is 4.31 Å². The van der Waals surface area contributed by atoms with Gasteiger partial charge in [0.05, 0.1) is 10.7 Å². The Morgan fingerprint density at radius 2 is 1.82 bits per heavy atom. The summed E-state index contributed by atoms with van der Waals surface area (Å²) in [7, 11) is -3.51. The number of carbonyl (C=O) groups excluding carboxylic acids is 1. The summed E-state index contributed by atoms with van der Waals surface area (Å²) in [5, 5.41) is 4.51. The minimum Gasteiger partial charge on any atom is -0.325 e. The molecule has 5 nitrogen and oxygen atoms in total. The van der Waals surface area contributed by atoms with Gasteiger partial charge in [0.25, 0.3) is 0 Å². The van der Waals surface area contributed by atoms with Crippen molar-refractivity contribution in [3.63, 3.8) is 0 Å². The van der Waals surface area contributed by atoms with Crippen molar-refractivity contribution < 1.29 is 13.2 Å². The number of hydrogen-bond acceptors (Lipinski definition) is 3. The molecule has 0 aromatic heterocycles. The van der Waals surface area contributed by atoms with E-state index in [0.29, 0.717) is 36.6 Å². The standard InChI is InChI=1S/C20H20BrClN2O3S/c21-17-6-7-19(18(22)14-17)23-20(25)16-8-11-24(12-9-16)28(26,27)13-10-15-4-2-1-3-5-15/h1-7,10,13-14,16H,8-9,11-12H2,(H,23,25)/b13-10+. The molecule has 2 aromatic rings. The Morgan fingerprint density at radius 1 is 1.14 bits per heavy atom. The predicted molar refractivity (Wildman–Crippen MR) is 116 cm³/mol. The summed E-state index contributed by atoms with van der Waals surface area (Å²) in [6.45, 7) is 0.626. The number of hydrogen-bond donors (Lipinski definition) is 1. The lowest BCUT2D eigenvalue weighted by molar-refractivity contribution is -0.120. The number of anilines is 1. The number of benzene rings is 2. The average Bonchev–Trinajstić information content (AvgIpc) is 2.69. The molecule has 1 saturated heterocycles. The monoisotopic (exact) mass is 482 g/mol. The first-order valence-corrected chi connectivity index (χ1v) is 11.5. The summed E-state index contributed by atoms with van der Waals surface area (Å²) in [6, 6.07) is 14.5. The van der Waals surface area contributed by atoms with E-state index in [0.717, 1.165) is 10.0 Å². The fourth-order valence-corrected chi connectivity index (χ4v) is 4.95. The second kappa shape index (κ2) is 9.22. The molecule has 1 aliphatic rings. The first-order valence-electron chi connectivity index (χ1n) is 8.84. The lowest BCUT2D eigenvalue weighted by Crippen LogP contribution is -2.40. The van der Waals surface area contributed by atoms with E-state index in [2.05, 4.69) is 21.2 Å². The molecule has 148 valence electrons. The first-order chi connectivity index (χ1) is 13.3. The van der Waals surface area contributed by atoms with Crippen LogP contribution in [0.1, 0.15) is 18.4 Å². The summed E-state index contributed by atoms with van der Waals surface area (Å²) in [5.74, 6) is -0.384. The zero-order valence-electron chi connectivity index (χ0n) is 15.0. The number of halogens is 2. The number of piperidine rings is 1. The molecule has 0 spiro atoms. The Morgan fingerprint density at radius 3 is 2.46 bits per heavy atom. The van der Waals surface area contributed by atoms with Crippen LogP contribution in [-0.2, 0) is 14.8 Å². The Hall–Kier alpha value is -1.67. The molecule has 1 heterocycles. The second-order valence-electron chi connectivity index (χ2n) is 6.55. The summed E-state index contributed by atoms with van der Waals surface area (Å²) >= 11 is 9.47. The van der Waals surface area contributed by atoms with Crippen molar-refractivity contribution in [3.8, 4) is 0 Å². The third-order valence-corrected chi connectivity index (χ3v) is 6.98. The fraction of sp³-hybridized carbons (Fsp3) is 0.250. The average molecular weight is 484 g/mol. The van der Waals surface area contributed by atoms with E-state index in [1.807, 2.05) is 30.3 Å². The lowest BCUT2D eigenvalue weighted by Gasteiger charge is -2.29. The largest absolute Gasteiger partial charge is 0.325 e. The summed E-state index contributed by atoms with van der Waals surface area (Å²) < 4.78 is 27.3. The van der Waals surface area contributed by atoms with Gasteiger partial charge in [-0.1, -0.05) is 57.9 Å². The van der Waals surface area contributed by atoms with E-state index in [1.165, 1.54) is 9.71 Å². The van der Waals surface area contributed by atoms with Crippen LogP contribution in [0.5, 0.6) is 0 Å². The molecule has 0 saturated carbocycles. The molecular formula is C20H20BrClN2O3S. The van der Waals surface area contributed by atoms with Gasteiger partial charge >= 0.3 is 0 Å². The van der Waals surface area contributed by atoms with Crippen molar-refractivity contribution in [1.82, 2.24) is 4.31 Å². The van der Waals surface area contributed by atoms with Crippen molar-refractivity contribution in [2.75, 3.05) is 18.4 Å². The number of nitrogens with zero attached hydrogens (tertiary/aromatic N) is 1. The predicted octanol–water partition coefficient (Wildman–Crippen LogP) is 4.75.